The molecule has 0 radical (unpaired) electrons. The molecular weight excluding hydrogens is 960 g/mol. The molecule has 5 heterocycles. The molecule has 0 bridgehead atoms. The van der Waals surface area contributed by atoms with E-state index in [4.69, 9.17) is 4.42 Å². The standard InChI is InChI=1S/C70H53BN2OS2/c1-69(2,3)45-30-33-47(34-31-45)73-58-41-63-51(49-27-17-19-29-62(49)75-63)37-55(58)64-65-60(39-52-48-26-16-18-28-61(48)74-66(52)64)72(57-35-32-46(70(4,5)6)36-50(57)42-20-10-7-11-21-42)59-40-54-53(38-56(59)71(65)73)67(43-22-12-8-13-23-43)76-68(54)44-24-14-9-15-25-44/h7-41H,1-6H3. The molecule has 0 atom stereocenters. The topological polar surface area (TPSA) is 19.6 Å². The highest BCUT2D eigenvalue weighted by molar-refractivity contribution is 7.26. The van der Waals surface area contributed by atoms with E-state index in [-0.39, 0.29) is 17.7 Å². The second-order valence-corrected chi connectivity index (χ2v) is 24.9. The number of fused-ring (bicyclic) bond motifs is 12. The van der Waals surface area contributed by atoms with E-state index in [1.165, 1.54) is 102 Å². The smallest absolute Gasteiger partial charge is 0.333 e. The highest BCUT2D eigenvalue weighted by Crippen LogP contribution is 2.55. The van der Waals surface area contributed by atoms with Crippen LogP contribution in [-0.2, 0) is 10.8 Å². The fourth-order valence-electron chi connectivity index (χ4n) is 12.4. The van der Waals surface area contributed by atoms with Crippen molar-refractivity contribution in [1.29, 1.82) is 0 Å². The zero-order chi connectivity index (χ0) is 51.2. The summed E-state index contributed by atoms with van der Waals surface area (Å²) >= 11 is 3.78. The lowest BCUT2D eigenvalue weighted by Gasteiger charge is -2.46. The zero-order valence-electron chi connectivity index (χ0n) is 43.4. The minimum atomic E-state index is -0.254. The van der Waals surface area contributed by atoms with Crippen LogP contribution < -0.4 is 20.6 Å². The average molecular weight is 1010 g/mol. The number of anilines is 5. The van der Waals surface area contributed by atoms with E-state index in [0.29, 0.717) is 0 Å². The highest BCUT2D eigenvalue weighted by Gasteiger charge is 2.48. The normalized spacial score (nSPS) is 13.3. The van der Waals surface area contributed by atoms with Gasteiger partial charge >= 0.3 is 6.85 Å². The first-order valence-corrected chi connectivity index (χ1v) is 28.1. The van der Waals surface area contributed by atoms with Gasteiger partial charge in [-0.2, -0.15) is 0 Å². The second kappa shape index (κ2) is 16.7. The first kappa shape index (κ1) is 45.3. The van der Waals surface area contributed by atoms with Gasteiger partial charge in [-0.25, -0.2) is 0 Å². The molecule has 15 rings (SSSR count). The molecule has 10 aromatic carbocycles. The molecule has 76 heavy (non-hydrogen) atoms. The van der Waals surface area contributed by atoms with Gasteiger partial charge in [0.05, 0.1) is 5.69 Å². The van der Waals surface area contributed by atoms with Crippen LogP contribution in [0.4, 0.5) is 28.4 Å². The van der Waals surface area contributed by atoms with Crippen molar-refractivity contribution < 1.29 is 4.42 Å². The van der Waals surface area contributed by atoms with Crippen molar-refractivity contribution in [2.75, 3.05) is 9.71 Å². The average Bonchev–Trinajstić information content (AvgIpc) is 4.28. The van der Waals surface area contributed by atoms with Gasteiger partial charge in [0, 0.05) is 90.9 Å². The lowest BCUT2D eigenvalue weighted by molar-refractivity contribution is 0.590. The van der Waals surface area contributed by atoms with Crippen molar-refractivity contribution in [3.63, 3.8) is 0 Å². The number of rotatable bonds is 5. The van der Waals surface area contributed by atoms with E-state index in [1.807, 2.05) is 22.7 Å². The fraction of sp³-hybridized carbons (Fsp3) is 0.114. The van der Waals surface area contributed by atoms with E-state index < -0.39 is 0 Å². The van der Waals surface area contributed by atoms with Crippen molar-refractivity contribution in [2.24, 2.45) is 0 Å². The predicted molar refractivity (Wildman–Crippen MR) is 329 cm³/mol. The molecule has 13 aromatic rings. The Labute approximate surface area is 452 Å². The van der Waals surface area contributed by atoms with Gasteiger partial charge in [-0.15, -0.1) is 22.7 Å². The summed E-state index contributed by atoms with van der Waals surface area (Å²) < 4.78 is 9.86. The summed E-state index contributed by atoms with van der Waals surface area (Å²) in [5.41, 5.74) is 19.7. The number of hydrogen-bond acceptors (Lipinski definition) is 5. The maximum absolute atomic E-state index is 7.30. The van der Waals surface area contributed by atoms with E-state index in [9.17, 15) is 0 Å². The Morgan fingerprint density at radius 3 is 1.68 bits per heavy atom. The van der Waals surface area contributed by atoms with Crippen LogP contribution in [0.1, 0.15) is 52.7 Å². The fourth-order valence-corrected chi connectivity index (χ4v) is 14.8. The summed E-state index contributed by atoms with van der Waals surface area (Å²) in [5, 5.41) is 7.27. The van der Waals surface area contributed by atoms with Crippen molar-refractivity contribution >= 4 is 122 Å². The minimum Gasteiger partial charge on any atom is -0.455 e. The molecule has 0 N–H and O–H groups in total. The predicted octanol–water partition coefficient (Wildman–Crippen LogP) is 19.5. The van der Waals surface area contributed by atoms with Crippen LogP contribution in [0, 0.1) is 0 Å². The van der Waals surface area contributed by atoms with Gasteiger partial charge in [-0.05, 0) is 110 Å². The molecular formula is C70H53BN2OS2. The summed E-state index contributed by atoms with van der Waals surface area (Å²) in [6.45, 7) is 13.6. The number of furan rings is 1. The third kappa shape index (κ3) is 6.86. The molecule has 2 aliphatic rings. The Balaban J connectivity index is 1.15. The maximum atomic E-state index is 7.30. The quantitative estimate of drug-likeness (QED) is 0.160. The van der Waals surface area contributed by atoms with Crippen LogP contribution in [0.15, 0.2) is 217 Å². The van der Waals surface area contributed by atoms with Crippen LogP contribution in [0.5, 0.6) is 0 Å². The van der Waals surface area contributed by atoms with Gasteiger partial charge < -0.3 is 14.1 Å². The molecule has 0 unspecified atom stereocenters. The molecule has 6 heteroatoms. The van der Waals surface area contributed by atoms with E-state index in [1.54, 1.807) is 0 Å². The lowest BCUT2D eigenvalue weighted by Crippen LogP contribution is -2.61. The molecule has 0 amide bonds. The number of thiophene rings is 2. The van der Waals surface area contributed by atoms with Crippen molar-refractivity contribution in [1.82, 2.24) is 0 Å². The summed E-state index contributed by atoms with van der Waals surface area (Å²) in [6.07, 6.45) is 0. The SMILES string of the molecule is CC(C)(C)c1ccc(N2B3c4cc5c(-c6ccccc6)sc(-c6ccccc6)c5cc4N(c4ccc(C(C)(C)C)cc4-c4ccccc4)c4cc5c(oc6ccccc65)c(c43)-c3cc4c(cc32)sc2ccccc24)cc1. The first-order valence-electron chi connectivity index (χ1n) is 26.5. The molecule has 0 aliphatic carbocycles. The Morgan fingerprint density at radius 1 is 0.408 bits per heavy atom. The molecule has 0 saturated carbocycles. The van der Waals surface area contributed by atoms with Gasteiger partial charge in [-0.3, -0.25) is 0 Å². The third-order valence-corrected chi connectivity index (χ3v) is 18.6. The summed E-state index contributed by atoms with van der Waals surface area (Å²) in [6, 6.07) is 79.9. The van der Waals surface area contributed by atoms with Crippen LogP contribution in [0.3, 0.4) is 0 Å². The molecule has 0 fully saturated rings. The van der Waals surface area contributed by atoms with Crippen LogP contribution in [0.25, 0.3) is 96.0 Å². The Kier molecular flexibility index (Phi) is 9.93. The Morgan fingerprint density at radius 2 is 1.00 bits per heavy atom. The molecule has 0 spiro atoms. The Hall–Kier alpha value is -8.16. The van der Waals surface area contributed by atoms with Crippen molar-refractivity contribution in [3.8, 4) is 43.1 Å². The molecule has 2 aliphatic heterocycles. The highest BCUT2D eigenvalue weighted by atomic mass is 32.1. The summed E-state index contributed by atoms with van der Waals surface area (Å²) in [4.78, 5) is 7.86. The minimum absolute atomic E-state index is 0.0139. The van der Waals surface area contributed by atoms with Gasteiger partial charge in [0.25, 0.3) is 0 Å². The van der Waals surface area contributed by atoms with E-state index in [0.717, 1.165) is 44.6 Å². The first-order chi connectivity index (χ1) is 37.0. The zero-order valence-corrected chi connectivity index (χ0v) is 45.0. The third-order valence-electron chi connectivity index (χ3n) is 16.2. The largest absolute Gasteiger partial charge is 0.455 e. The molecule has 364 valence electrons. The molecule has 3 nitrogen and oxygen atoms in total. The molecule has 0 saturated heterocycles. The van der Waals surface area contributed by atoms with E-state index in [2.05, 4.69) is 264 Å². The van der Waals surface area contributed by atoms with Gasteiger partial charge in [-0.1, -0.05) is 193 Å². The van der Waals surface area contributed by atoms with Crippen LogP contribution in [-0.4, -0.2) is 6.85 Å². The Bertz CT molecular complexity index is 4480. The van der Waals surface area contributed by atoms with Crippen LogP contribution >= 0.6 is 22.7 Å². The van der Waals surface area contributed by atoms with Gasteiger partial charge in [0.15, 0.2) is 0 Å². The second-order valence-electron chi connectivity index (χ2n) is 22.8. The summed E-state index contributed by atoms with van der Waals surface area (Å²) in [7, 11) is 0. The van der Waals surface area contributed by atoms with Gasteiger partial charge in [0.2, 0.25) is 0 Å². The number of hydrogen-bond donors (Lipinski definition) is 0. The lowest BCUT2D eigenvalue weighted by atomic mass is 9.43. The molecule has 3 aromatic heterocycles. The number of benzene rings is 10. The van der Waals surface area contributed by atoms with Crippen LogP contribution in [0.2, 0.25) is 0 Å². The number of nitrogens with zero attached hydrogens (tertiary/aromatic N) is 2. The van der Waals surface area contributed by atoms with Crippen molar-refractivity contribution in [3.05, 3.63) is 223 Å². The summed E-state index contributed by atoms with van der Waals surface area (Å²) in [5.74, 6) is 0. The van der Waals surface area contributed by atoms with Gasteiger partial charge in [0.1, 0.15) is 11.2 Å². The number of para-hydroxylation sites is 1. The van der Waals surface area contributed by atoms with E-state index >= 15 is 0 Å². The monoisotopic (exact) mass is 1010 g/mol. The van der Waals surface area contributed by atoms with Crippen molar-refractivity contribution in [2.45, 2.75) is 52.4 Å². The maximum Gasteiger partial charge on any atom is 0.333 e.